The van der Waals surface area contributed by atoms with Crippen LogP contribution >= 0.6 is 11.8 Å². The molecule has 2 atom stereocenters. The lowest BCUT2D eigenvalue weighted by atomic mass is 10.1. The normalized spacial score (nSPS) is 21.1. The van der Waals surface area contributed by atoms with Gasteiger partial charge in [0.15, 0.2) is 0 Å². The molecule has 0 radical (unpaired) electrons. The number of aliphatic hydroxyl groups is 1. The van der Waals surface area contributed by atoms with Crippen LogP contribution < -0.4 is 10.1 Å². The van der Waals surface area contributed by atoms with Crippen LogP contribution in [0.5, 0.6) is 5.75 Å². The van der Waals surface area contributed by atoms with Gasteiger partial charge in [0.1, 0.15) is 11.9 Å². The summed E-state index contributed by atoms with van der Waals surface area (Å²) in [6.07, 6.45) is -1.10. The van der Waals surface area contributed by atoms with E-state index in [4.69, 9.17) is 4.74 Å². The maximum Gasteiger partial charge on any atom is 0.254 e. The second-order valence-corrected chi connectivity index (χ2v) is 5.93. The molecule has 2 aromatic rings. The standard InChI is InChI=1S/C16H15NO3S/c1-20-11-8-6-10(7-9-11)15-14(18)16(19)17-12-4-2-3-5-13(12)21-15/h2-9,14-15,18H,1H3,(H,17,19)/t14-,15?/m0/s1. The lowest BCUT2D eigenvalue weighted by molar-refractivity contribution is -0.124. The molecule has 0 aliphatic carbocycles. The number of methoxy groups -OCH3 is 1. The van der Waals surface area contributed by atoms with Crippen molar-refractivity contribution in [1.29, 1.82) is 0 Å². The number of aliphatic hydroxyl groups excluding tert-OH is 1. The van der Waals surface area contributed by atoms with Crippen LogP contribution in [0.2, 0.25) is 0 Å². The summed E-state index contributed by atoms with van der Waals surface area (Å²) >= 11 is 1.48. The van der Waals surface area contributed by atoms with Crippen LogP contribution in [0.4, 0.5) is 5.69 Å². The lowest BCUT2D eigenvalue weighted by Crippen LogP contribution is -2.30. The topological polar surface area (TPSA) is 58.6 Å². The summed E-state index contributed by atoms with van der Waals surface area (Å²) in [5, 5.41) is 12.7. The van der Waals surface area contributed by atoms with Crippen molar-refractivity contribution in [1.82, 2.24) is 0 Å². The quantitative estimate of drug-likeness (QED) is 0.895. The third kappa shape index (κ3) is 2.75. The van der Waals surface area contributed by atoms with E-state index in [9.17, 15) is 9.90 Å². The minimum Gasteiger partial charge on any atom is -0.497 e. The van der Waals surface area contributed by atoms with Gasteiger partial charge in [0, 0.05) is 4.90 Å². The Balaban J connectivity index is 1.98. The number of carbonyl (C=O) groups excluding carboxylic acids is 1. The van der Waals surface area contributed by atoms with Gasteiger partial charge in [-0.05, 0) is 29.8 Å². The zero-order chi connectivity index (χ0) is 14.8. The highest BCUT2D eigenvalue weighted by atomic mass is 32.2. The van der Waals surface area contributed by atoms with E-state index in [1.807, 2.05) is 48.5 Å². The van der Waals surface area contributed by atoms with E-state index in [1.54, 1.807) is 7.11 Å². The smallest absolute Gasteiger partial charge is 0.254 e. The van der Waals surface area contributed by atoms with Crippen molar-refractivity contribution in [2.75, 3.05) is 12.4 Å². The van der Waals surface area contributed by atoms with Crippen LogP contribution in [0.15, 0.2) is 53.4 Å². The van der Waals surface area contributed by atoms with Gasteiger partial charge in [0.25, 0.3) is 5.91 Å². The maximum absolute atomic E-state index is 12.1. The van der Waals surface area contributed by atoms with Crippen molar-refractivity contribution in [3.8, 4) is 5.75 Å². The molecule has 0 spiro atoms. The third-order valence-corrected chi connectivity index (χ3v) is 4.79. The highest BCUT2D eigenvalue weighted by Gasteiger charge is 2.32. The monoisotopic (exact) mass is 301 g/mol. The number of nitrogens with one attached hydrogen (secondary N) is 1. The Hall–Kier alpha value is -1.98. The van der Waals surface area contributed by atoms with Gasteiger partial charge in [0.05, 0.1) is 18.0 Å². The van der Waals surface area contributed by atoms with Crippen LogP contribution in [0.3, 0.4) is 0 Å². The lowest BCUT2D eigenvalue weighted by Gasteiger charge is -2.19. The predicted octanol–water partition coefficient (Wildman–Crippen LogP) is 2.84. The summed E-state index contributed by atoms with van der Waals surface area (Å²) in [6.45, 7) is 0. The molecule has 3 rings (SSSR count). The van der Waals surface area contributed by atoms with Crippen molar-refractivity contribution in [3.05, 3.63) is 54.1 Å². The van der Waals surface area contributed by atoms with Gasteiger partial charge in [-0.3, -0.25) is 4.79 Å². The van der Waals surface area contributed by atoms with E-state index in [0.717, 1.165) is 21.9 Å². The molecule has 0 saturated heterocycles. The van der Waals surface area contributed by atoms with Crippen molar-refractivity contribution in [2.24, 2.45) is 0 Å². The van der Waals surface area contributed by atoms with Crippen molar-refractivity contribution in [2.45, 2.75) is 16.2 Å². The molecule has 108 valence electrons. The van der Waals surface area contributed by atoms with E-state index in [0.29, 0.717) is 0 Å². The third-order valence-electron chi connectivity index (χ3n) is 3.40. The number of hydrogen-bond acceptors (Lipinski definition) is 4. The van der Waals surface area contributed by atoms with E-state index < -0.39 is 6.10 Å². The Bertz CT molecular complexity index is 657. The van der Waals surface area contributed by atoms with Crippen molar-refractivity contribution in [3.63, 3.8) is 0 Å². The zero-order valence-corrected chi connectivity index (χ0v) is 12.3. The number of rotatable bonds is 2. The fourth-order valence-electron chi connectivity index (χ4n) is 2.26. The minimum absolute atomic E-state index is 0.348. The predicted molar refractivity (Wildman–Crippen MR) is 82.7 cm³/mol. The average molecular weight is 301 g/mol. The Morgan fingerprint density at radius 2 is 1.86 bits per heavy atom. The Labute approximate surface area is 127 Å². The molecule has 4 nitrogen and oxygen atoms in total. The van der Waals surface area contributed by atoms with Gasteiger partial charge in [0.2, 0.25) is 0 Å². The molecule has 1 unspecified atom stereocenters. The molecular weight excluding hydrogens is 286 g/mol. The molecule has 1 aliphatic rings. The number of amides is 1. The van der Waals surface area contributed by atoms with Crippen LogP contribution in [-0.2, 0) is 4.79 Å². The molecule has 2 aromatic carbocycles. The molecule has 0 saturated carbocycles. The first-order chi connectivity index (χ1) is 10.2. The fraction of sp³-hybridized carbons (Fsp3) is 0.188. The van der Waals surface area contributed by atoms with Gasteiger partial charge in [-0.1, -0.05) is 24.3 Å². The molecule has 1 aliphatic heterocycles. The molecule has 5 heteroatoms. The molecule has 0 aromatic heterocycles. The molecule has 1 amide bonds. The number of fused-ring (bicyclic) bond motifs is 1. The number of thioether (sulfide) groups is 1. The molecule has 21 heavy (non-hydrogen) atoms. The van der Waals surface area contributed by atoms with Gasteiger partial charge in [-0.15, -0.1) is 11.8 Å². The number of para-hydroxylation sites is 1. The minimum atomic E-state index is -1.10. The van der Waals surface area contributed by atoms with E-state index in [-0.39, 0.29) is 11.2 Å². The van der Waals surface area contributed by atoms with E-state index in [2.05, 4.69) is 5.32 Å². The van der Waals surface area contributed by atoms with Gasteiger partial charge in [-0.2, -0.15) is 0 Å². The summed E-state index contributed by atoms with van der Waals surface area (Å²) in [6, 6.07) is 15.0. The molecular formula is C16H15NO3S. The molecule has 1 heterocycles. The highest BCUT2D eigenvalue weighted by Crippen LogP contribution is 2.43. The van der Waals surface area contributed by atoms with Crippen LogP contribution in [0.25, 0.3) is 0 Å². The first-order valence-corrected chi connectivity index (χ1v) is 7.45. The number of ether oxygens (including phenoxy) is 1. The summed E-state index contributed by atoms with van der Waals surface area (Å²) in [4.78, 5) is 13.0. The zero-order valence-electron chi connectivity index (χ0n) is 11.4. The van der Waals surface area contributed by atoms with Gasteiger partial charge >= 0.3 is 0 Å². The summed E-state index contributed by atoms with van der Waals surface area (Å²) in [5.74, 6) is 0.366. The van der Waals surface area contributed by atoms with Crippen molar-refractivity contribution < 1.29 is 14.6 Å². The molecule has 0 bridgehead atoms. The summed E-state index contributed by atoms with van der Waals surface area (Å²) in [7, 11) is 1.61. The number of carbonyl (C=O) groups is 1. The van der Waals surface area contributed by atoms with Gasteiger partial charge < -0.3 is 15.2 Å². The average Bonchev–Trinajstić information content (AvgIpc) is 2.65. The Morgan fingerprint density at radius 3 is 2.57 bits per heavy atom. The fourth-order valence-corrected chi connectivity index (χ4v) is 3.48. The number of benzene rings is 2. The van der Waals surface area contributed by atoms with Crippen LogP contribution in [0.1, 0.15) is 10.8 Å². The second-order valence-electron chi connectivity index (χ2n) is 4.74. The van der Waals surface area contributed by atoms with E-state index >= 15 is 0 Å². The largest absolute Gasteiger partial charge is 0.497 e. The Kier molecular flexibility index (Phi) is 3.86. The van der Waals surface area contributed by atoms with Crippen LogP contribution in [0, 0.1) is 0 Å². The van der Waals surface area contributed by atoms with E-state index in [1.165, 1.54) is 11.8 Å². The molecule has 0 fully saturated rings. The second kappa shape index (κ2) is 5.79. The van der Waals surface area contributed by atoms with Gasteiger partial charge in [-0.25, -0.2) is 0 Å². The first-order valence-electron chi connectivity index (χ1n) is 6.57. The maximum atomic E-state index is 12.1. The Morgan fingerprint density at radius 1 is 1.14 bits per heavy atom. The summed E-state index contributed by atoms with van der Waals surface area (Å²) < 4.78 is 5.14. The first kappa shape index (κ1) is 14.0. The number of anilines is 1. The highest BCUT2D eigenvalue weighted by molar-refractivity contribution is 7.99. The SMILES string of the molecule is COc1ccc(C2Sc3ccccc3NC(=O)[C@H]2O)cc1. The number of hydrogen-bond donors (Lipinski definition) is 2. The summed E-state index contributed by atoms with van der Waals surface area (Å²) in [5.41, 5.74) is 1.63. The van der Waals surface area contributed by atoms with Crippen molar-refractivity contribution >= 4 is 23.4 Å². The molecule has 2 N–H and O–H groups in total. The van der Waals surface area contributed by atoms with Crippen LogP contribution in [-0.4, -0.2) is 24.2 Å².